The molecule has 0 saturated carbocycles. The standard InChI is InChI=1S/C25H28N6O/c1-3-31-22-9-5-4-8-20(22)29-25(31)17-30-12-13-32-23(16-30)21-15-19(14-18(2)27-21)28-24-10-6-7-11-26-24/h4-11,14-15,23H,3,12-13,16-17H2,1-2H3,(H,26,27,28)/t23-/m1/s1. The number of nitrogens with zero attached hydrogens (tertiary/aromatic N) is 5. The second-order valence-corrected chi connectivity index (χ2v) is 8.12. The van der Waals surface area contributed by atoms with Gasteiger partial charge >= 0.3 is 0 Å². The Morgan fingerprint density at radius 1 is 1.09 bits per heavy atom. The number of pyridine rings is 2. The van der Waals surface area contributed by atoms with Crippen LogP contribution in [-0.4, -0.2) is 44.1 Å². The van der Waals surface area contributed by atoms with Crippen molar-refractivity contribution in [3.05, 3.63) is 78.0 Å². The lowest BCUT2D eigenvalue weighted by atomic mass is 10.1. The highest BCUT2D eigenvalue weighted by Gasteiger charge is 2.25. The maximum atomic E-state index is 6.13. The Balaban J connectivity index is 1.34. The van der Waals surface area contributed by atoms with Crippen molar-refractivity contribution in [1.82, 2.24) is 24.4 Å². The van der Waals surface area contributed by atoms with Gasteiger partial charge in [0.1, 0.15) is 17.7 Å². The maximum Gasteiger partial charge on any atom is 0.130 e. The Labute approximate surface area is 188 Å². The first-order valence-corrected chi connectivity index (χ1v) is 11.1. The zero-order valence-corrected chi connectivity index (χ0v) is 18.5. The van der Waals surface area contributed by atoms with E-state index in [0.29, 0.717) is 6.61 Å². The normalized spacial score (nSPS) is 17.0. The zero-order valence-electron chi connectivity index (χ0n) is 18.5. The molecule has 0 spiro atoms. The van der Waals surface area contributed by atoms with E-state index in [-0.39, 0.29) is 6.10 Å². The minimum absolute atomic E-state index is 0.0765. The first-order chi connectivity index (χ1) is 15.7. The molecule has 4 aromatic rings. The molecule has 7 heteroatoms. The monoisotopic (exact) mass is 428 g/mol. The number of ether oxygens (including phenoxy) is 1. The van der Waals surface area contributed by atoms with Crippen LogP contribution in [0.4, 0.5) is 11.5 Å². The third-order valence-corrected chi connectivity index (χ3v) is 5.81. The number of aryl methyl sites for hydroxylation is 2. The molecule has 1 aliphatic rings. The molecule has 1 atom stereocenters. The van der Waals surface area contributed by atoms with E-state index in [1.165, 1.54) is 5.52 Å². The lowest BCUT2D eigenvalue weighted by molar-refractivity contribution is -0.0359. The molecule has 0 radical (unpaired) electrons. The van der Waals surface area contributed by atoms with Crippen LogP contribution in [0.2, 0.25) is 0 Å². The Morgan fingerprint density at radius 2 is 1.97 bits per heavy atom. The maximum absolute atomic E-state index is 6.13. The van der Waals surface area contributed by atoms with Crippen molar-refractivity contribution < 1.29 is 4.74 Å². The summed E-state index contributed by atoms with van der Waals surface area (Å²) in [7, 11) is 0. The fourth-order valence-corrected chi connectivity index (χ4v) is 4.34. The van der Waals surface area contributed by atoms with Crippen LogP contribution in [-0.2, 0) is 17.8 Å². The average Bonchev–Trinajstić information content (AvgIpc) is 3.16. The number of hydrogen-bond acceptors (Lipinski definition) is 6. The van der Waals surface area contributed by atoms with E-state index in [2.05, 4.69) is 51.0 Å². The van der Waals surface area contributed by atoms with Crippen molar-refractivity contribution in [2.75, 3.05) is 25.0 Å². The molecule has 5 rings (SSSR count). The highest BCUT2D eigenvalue weighted by molar-refractivity contribution is 5.75. The van der Waals surface area contributed by atoms with Gasteiger partial charge in [-0.15, -0.1) is 0 Å². The number of morpholine rings is 1. The predicted molar refractivity (Wildman–Crippen MR) is 126 cm³/mol. The molecule has 3 aromatic heterocycles. The SMILES string of the molecule is CCn1c(CN2CCO[C@@H](c3cc(Nc4ccccn4)cc(C)n3)C2)nc2ccccc21. The predicted octanol–water partition coefficient (Wildman–Crippen LogP) is 4.47. The van der Waals surface area contributed by atoms with E-state index < -0.39 is 0 Å². The van der Waals surface area contributed by atoms with Crippen LogP contribution in [0.15, 0.2) is 60.8 Å². The fourth-order valence-electron chi connectivity index (χ4n) is 4.34. The topological polar surface area (TPSA) is 68.1 Å². The minimum atomic E-state index is -0.0765. The molecule has 0 amide bonds. The molecule has 164 valence electrons. The number of fused-ring (bicyclic) bond motifs is 1. The van der Waals surface area contributed by atoms with Gasteiger partial charge in [0, 0.05) is 37.2 Å². The van der Waals surface area contributed by atoms with Crippen LogP contribution in [0.3, 0.4) is 0 Å². The van der Waals surface area contributed by atoms with E-state index in [0.717, 1.165) is 60.4 Å². The van der Waals surface area contributed by atoms with E-state index in [9.17, 15) is 0 Å². The Kier molecular flexibility index (Phi) is 5.83. The smallest absolute Gasteiger partial charge is 0.130 e. The molecule has 1 saturated heterocycles. The molecule has 1 aromatic carbocycles. The van der Waals surface area contributed by atoms with Crippen molar-refractivity contribution in [2.24, 2.45) is 0 Å². The largest absolute Gasteiger partial charge is 0.369 e. The van der Waals surface area contributed by atoms with Gasteiger partial charge in [0.15, 0.2) is 0 Å². The first kappa shape index (κ1) is 20.6. The van der Waals surface area contributed by atoms with Crippen LogP contribution in [0.25, 0.3) is 11.0 Å². The van der Waals surface area contributed by atoms with Crippen molar-refractivity contribution >= 4 is 22.5 Å². The molecule has 4 heterocycles. The second kappa shape index (κ2) is 9.06. The van der Waals surface area contributed by atoms with E-state index in [4.69, 9.17) is 14.7 Å². The average molecular weight is 429 g/mol. The zero-order chi connectivity index (χ0) is 21.9. The quantitative estimate of drug-likeness (QED) is 0.489. The van der Waals surface area contributed by atoms with Crippen LogP contribution in [0.5, 0.6) is 0 Å². The summed E-state index contributed by atoms with van der Waals surface area (Å²) in [5.41, 5.74) is 5.12. The highest BCUT2D eigenvalue weighted by atomic mass is 16.5. The third-order valence-electron chi connectivity index (χ3n) is 5.81. The first-order valence-electron chi connectivity index (χ1n) is 11.1. The van der Waals surface area contributed by atoms with Gasteiger partial charge in [-0.25, -0.2) is 9.97 Å². The van der Waals surface area contributed by atoms with E-state index >= 15 is 0 Å². The molecule has 1 aliphatic heterocycles. The highest BCUT2D eigenvalue weighted by Crippen LogP contribution is 2.26. The van der Waals surface area contributed by atoms with Gasteiger partial charge in [0.25, 0.3) is 0 Å². The number of para-hydroxylation sites is 2. The van der Waals surface area contributed by atoms with Crippen LogP contribution >= 0.6 is 0 Å². The number of hydrogen-bond donors (Lipinski definition) is 1. The van der Waals surface area contributed by atoms with Gasteiger partial charge in [-0.3, -0.25) is 9.88 Å². The fraction of sp³-hybridized carbons (Fsp3) is 0.320. The van der Waals surface area contributed by atoms with Crippen LogP contribution in [0, 0.1) is 6.92 Å². The minimum Gasteiger partial charge on any atom is -0.369 e. The number of anilines is 2. The number of benzene rings is 1. The van der Waals surface area contributed by atoms with E-state index in [1.807, 2.05) is 37.3 Å². The van der Waals surface area contributed by atoms with Crippen molar-refractivity contribution in [1.29, 1.82) is 0 Å². The molecule has 0 unspecified atom stereocenters. The van der Waals surface area contributed by atoms with Gasteiger partial charge in [-0.05, 0) is 50.2 Å². The van der Waals surface area contributed by atoms with Crippen molar-refractivity contribution in [3.8, 4) is 0 Å². The summed E-state index contributed by atoms with van der Waals surface area (Å²) in [5.74, 6) is 1.91. The number of imidazole rings is 1. The number of aromatic nitrogens is 4. The summed E-state index contributed by atoms with van der Waals surface area (Å²) in [5, 5.41) is 3.37. The molecule has 0 bridgehead atoms. The summed E-state index contributed by atoms with van der Waals surface area (Å²) in [4.78, 5) is 16.4. The lowest BCUT2D eigenvalue weighted by Crippen LogP contribution is -2.38. The van der Waals surface area contributed by atoms with Gasteiger partial charge in [0.2, 0.25) is 0 Å². The Bertz CT molecular complexity index is 1210. The molecule has 1 fully saturated rings. The Morgan fingerprint density at radius 3 is 2.81 bits per heavy atom. The summed E-state index contributed by atoms with van der Waals surface area (Å²) >= 11 is 0. The molecule has 32 heavy (non-hydrogen) atoms. The van der Waals surface area contributed by atoms with Gasteiger partial charge < -0.3 is 14.6 Å². The lowest BCUT2D eigenvalue weighted by Gasteiger charge is -2.32. The summed E-state index contributed by atoms with van der Waals surface area (Å²) < 4.78 is 8.44. The summed E-state index contributed by atoms with van der Waals surface area (Å²) in [6.45, 7) is 8.24. The van der Waals surface area contributed by atoms with Crippen LogP contribution < -0.4 is 5.32 Å². The summed E-state index contributed by atoms with van der Waals surface area (Å²) in [6, 6.07) is 18.3. The number of nitrogens with one attached hydrogen (secondary N) is 1. The van der Waals surface area contributed by atoms with Crippen molar-refractivity contribution in [3.63, 3.8) is 0 Å². The van der Waals surface area contributed by atoms with Gasteiger partial charge in [0.05, 0.1) is 29.9 Å². The number of rotatable bonds is 6. The molecular formula is C25H28N6O. The van der Waals surface area contributed by atoms with Crippen molar-refractivity contribution in [2.45, 2.75) is 33.0 Å². The Hall–Kier alpha value is -3.29. The second-order valence-electron chi connectivity index (χ2n) is 8.12. The molecule has 7 nitrogen and oxygen atoms in total. The van der Waals surface area contributed by atoms with Gasteiger partial charge in [-0.1, -0.05) is 18.2 Å². The van der Waals surface area contributed by atoms with Crippen LogP contribution in [0.1, 0.15) is 30.2 Å². The van der Waals surface area contributed by atoms with Gasteiger partial charge in [-0.2, -0.15) is 0 Å². The molecule has 1 N–H and O–H groups in total. The molecular weight excluding hydrogens is 400 g/mol. The third kappa shape index (κ3) is 4.35. The van der Waals surface area contributed by atoms with E-state index in [1.54, 1.807) is 6.20 Å². The molecule has 0 aliphatic carbocycles. The summed E-state index contributed by atoms with van der Waals surface area (Å²) in [6.07, 6.45) is 1.70.